The molecule has 0 bridgehead atoms. The van der Waals surface area contributed by atoms with Crippen LogP contribution in [0.1, 0.15) is 5.56 Å². The number of benzene rings is 2. The summed E-state index contributed by atoms with van der Waals surface area (Å²) >= 11 is 2.31. The quantitative estimate of drug-likeness (QED) is 0.562. The van der Waals surface area contributed by atoms with Crippen molar-refractivity contribution in [3.63, 3.8) is 0 Å². The molecular formula is C17H16IN3O. The monoisotopic (exact) mass is 405 g/mol. The summed E-state index contributed by atoms with van der Waals surface area (Å²) in [6.45, 7) is 0.594. The summed E-state index contributed by atoms with van der Waals surface area (Å²) in [5.41, 5.74) is 3.14. The molecule has 1 aromatic heterocycles. The molecule has 22 heavy (non-hydrogen) atoms. The van der Waals surface area contributed by atoms with Gasteiger partial charge in [-0.1, -0.05) is 18.2 Å². The van der Waals surface area contributed by atoms with Gasteiger partial charge >= 0.3 is 6.03 Å². The lowest BCUT2D eigenvalue weighted by Gasteiger charge is -2.07. The highest BCUT2D eigenvalue weighted by molar-refractivity contribution is 14.1. The largest absolute Gasteiger partial charge is 0.361 e. The number of rotatable bonds is 4. The molecule has 0 aliphatic carbocycles. The molecule has 4 nitrogen and oxygen atoms in total. The molecule has 0 spiro atoms. The number of aromatic amines is 1. The lowest BCUT2D eigenvalue weighted by atomic mass is 10.1. The maximum Gasteiger partial charge on any atom is 0.319 e. The van der Waals surface area contributed by atoms with Crippen molar-refractivity contribution in [2.75, 3.05) is 11.9 Å². The Labute approximate surface area is 142 Å². The van der Waals surface area contributed by atoms with Crippen molar-refractivity contribution in [1.29, 1.82) is 0 Å². The number of amides is 2. The molecule has 0 saturated heterocycles. The van der Waals surface area contributed by atoms with Crippen LogP contribution in [-0.2, 0) is 6.42 Å². The summed E-state index contributed by atoms with van der Waals surface area (Å²) in [5.74, 6) is 0. The summed E-state index contributed by atoms with van der Waals surface area (Å²) in [6.07, 6.45) is 2.81. The minimum absolute atomic E-state index is 0.180. The van der Waals surface area contributed by atoms with E-state index in [2.05, 4.69) is 56.4 Å². The summed E-state index contributed by atoms with van der Waals surface area (Å²) in [4.78, 5) is 15.1. The number of urea groups is 1. The zero-order chi connectivity index (χ0) is 15.4. The number of hydrogen-bond donors (Lipinski definition) is 3. The van der Waals surface area contributed by atoms with Crippen LogP contribution in [0, 0.1) is 3.57 Å². The topological polar surface area (TPSA) is 56.9 Å². The second-order valence-electron chi connectivity index (χ2n) is 5.00. The van der Waals surface area contributed by atoms with Crippen LogP contribution in [0.15, 0.2) is 54.7 Å². The molecule has 1 heterocycles. The van der Waals surface area contributed by atoms with Crippen LogP contribution in [0.2, 0.25) is 0 Å². The zero-order valence-electron chi connectivity index (χ0n) is 11.9. The van der Waals surface area contributed by atoms with Gasteiger partial charge in [-0.15, -0.1) is 0 Å². The van der Waals surface area contributed by atoms with Gasteiger partial charge in [-0.05, 0) is 64.9 Å². The van der Waals surface area contributed by atoms with Crippen molar-refractivity contribution in [3.05, 3.63) is 63.9 Å². The fourth-order valence-corrected chi connectivity index (χ4v) is 2.86. The summed E-state index contributed by atoms with van der Waals surface area (Å²) < 4.78 is 1.21. The van der Waals surface area contributed by atoms with E-state index in [0.717, 1.165) is 17.6 Å². The van der Waals surface area contributed by atoms with Gasteiger partial charge in [0.05, 0.1) is 0 Å². The Morgan fingerprint density at radius 3 is 2.77 bits per heavy atom. The summed E-state index contributed by atoms with van der Waals surface area (Å²) in [6, 6.07) is 15.6. The molecule has 2 aromatic carbocycles. The van der Waals surface area contributed by atoms with Gasteiger partial charge in [-0.25, -0.2) is 4.79 Å². The van der Waals surface area contributed by atoms with E-state index in [9.17, 15) is 4.79 Å². The van der Waals surface area contributed by atoms with Crippen LogP contribution in [0.3, 0.4) is 0 Å². The lowest BCUT2D eigenvalue weighted by Crippen LogP contribution is -2.30. The number of anilines is 1. The first kappa shape index (κ1) is 14.9. The van der Waals surface area contributed by atoms with Crippen LogP contribution in [0.4, 0.5) is 10.5 Å². The Bertz CT molecular complexity index is 783. The number of aromatic nitrogens is 1. The highest BCUT2D eigenvalue weighted by Crippen LogP contribution is 2.21. The number of nitrogens with one attached hydrogen (secondary N) is 3. The van der Waals surface area contributed by atoms with Crippen molar-refractivity contribution >= 4 is 45.2 Å². The number of carbonyl (C=O) groups is 1. The number of hydrogen-bond acceptors (Lipinski definition) is 1. The maximum absolute atomic E-state index is 11.8. The molecule has 0 saturated carbocycles. The van der Waals surface area contributed by atoms with Gasteiger partial charge < -0.3 is 15.6 Å². The molecule has 2 amide bonds. The molecule has 0 aliphatic rings. The molecule has 0 radical (unpaired) electrons. The third-order valence-corrected chi connectivity index (χ3v) is 4.11. The normalized spacial score (nSPS) is 10.6. The van der Waals surface area contributed by atoms with Gasteiger partial charge in [-0.2, -0.15) is 0 Å². The molecule has 3 rings (SSSR count). The fourth-order valence-electron chi connectivity index (χ4n) is 2.36. The second kappa shape index (κ2) is 6.83. The smallest absolute Gasteiger partial charge is 0.319 e. The standard InChI is InChI=1S/C17H16IN3O/c18-13-6-7-16-15(10-13)12(11-20-16)8-9-19-17(22)21-14-4-2-1-3-5-14/h1-7,10-11,20H,8-9H2,(H2,19,21,22). The SMILES string of the molecule is O=C(NCCc1c[nH]c2ccc(I)cc12)Nc1ccccc1. The lowest BCUT2D eigenvalue weighted by molar-refractivity contribution is 0.252. The van der Waals surface area contributed by atoms with Crippen LogP contribution in [0.25, 0.3) is 10.9 Å². The van der Waals surface area contributed by atoms with E-state index in [1.165, 1.54) is 14.5 Å². The molecule has 5 heteroatoms. The van der Waals surface area contributed by atoms with Gasteiger partial charge in [-0.3, -0.25) is 0 Å². The number of halogens is 1. The van der Waals surface area contributed by atoms with Crippen LogP contribution in [-0.4, -0.2) is 17.6 Å². The third kappa shape index (κ3) is 3.59. The summed E-state index contributed by atoms with van der Waals surface area (Å²) in [5, 5.41) is 6.91. The minimum atomic E-state index is -0.180. The van der Waals surface area contributed by atoms with Gasteiger partial charge in [0.15, 0.2) is 0 Å². The number of H-pyrrole nitrogens is 1. The predicted molar refractivity (Wildman–Crippen MR) is 98.2 cm³/mol. The molecule has 3 aromatic rings. The second-order valence-corrected chi connectivity index (χ2v) is 6.25. The number of para-hydroxylation sites is 1. The van der Waals surface area contributed by atoms with E-state index >= 15 is 0 Å². The molecule has 112 valence electrons. The number of carbonyl (C=O) groups excluding carboxylic acids is 1. The van der Waals surface area contributed by atoms with Crippen molar-refractivity contribution in [2.24, 2.45) is 0 Å². The highest BCUT2D eigenvalue weighted by atomic mass is 127. The Morgan fingerprint density at radius 1 is 1.14 bits per heavy atom. The van der Waals surface area contributed by atoms with Gasteiger partial charge in [0, 0.05) is 32.9 Å². The van der Waals surface area contributed by atoms with Crippen LogP contribution in [0.5, 0.6) is 0 Å². The molecule has 3 N–H and O–H groups in total. The Morgan fingerprint density at radius 2 is 1.95 bits per heavy atom. The number of fused-ring (bicyclic) bond motifs is 1. The molecule has 0 aliphatic heterocycles. The van der Waals surface area contributed by atoms with E-state index < -0.39 is 0 Å². The van der Waals surface area contributed by atoms with E-state index in [-0.39, 0.29) is 6.03 Å². The molecule has 0 atom stereocenters. The summed E-state index contributed by atoms with van der Waals surface area (Å²) in [7, 11) is 0. The first-order chi connectivity index (χ1) is 10.7. The van der Waals surface area contributed by atoms with E-state index in [0.29, 0.717) is 6.54 Å². The predicted octanol–water partition coefficient (Wildman–Crippen LogP) is 4.14. The third-order valence-electron chi connectivity index (χ3n) is 3.44. The molecular weight excluding hydrogens is 389 g/mol. The fraction of sp³-hybridized carbons (Fsp3) is 0.118. The Balaban J connectivity index is 1.56. The van der Waals surface area contributed by atoms with Crippen molar-refractivity contribution < 1.29 is 4.79 Å². The van der Waals surface area contributed by atoms with Gasteiger partial charge in [0.1, 0.15) is 0 Å². The van der Waals surface area contributed by atoms with E-state index in [1.807, 2.05) is 36.5 Å². The average molecular weight is 405 g/mol. The first-order valence-electron chi connectivity index (χ1n) is 7.08. The highest BCUT2D eigenvalue weighted by Gasteiger charge is 2.05. The average Bonchev–Trinajstić information content (AvgIpc) is 2.91. The van der Waals surface area contributed by atoms with Crippen LogP contribution < -0.4 is 10.6 Å². The minimum Gasteiger partial charge on any atom is -0.361 e. The van der Waals surface area contributed by atoms with Gasteiger partial charge in [0.25, 0.3) is 0 Å². The Kier molecular flexibility index (Phi) is 4.62. The van der Waals surface area contributed by atoms with Crippen molar-refractivity contribution in [3.8, 4) is 0 Å². The van der Waals surface area contributed by atoms with E-state index in [1.54, 1.807) is 0 Å². The van der Waals surface area contributed by atoms with Crippen molar-refractivity contribution in [1.82, 2.24) is 10.3 Å². The molecule has 0 unspecified atom stereocenters. The van der Waals surface area contributed by atoms with Crippen LogP contribution >= 0.6 is 22.6 Å². The first-order valence-corrected chi connectivity index (χ1v) is 8.16. The zero-order valence-corrected chi connectivity index (χ0v) is 14.1. The molecule has 0 fully saturated rings. The maximum atomic E-state index is 11.8. The van der Waals surface area contributed by atoms with Crippen molar-refractivity contribution in [2.45, 2.75) is 6.42 Å². The van der Waals surface area contributed by atoms with Gasteiger partial charge in [0.2, 0.25) is 0 Å². The van der Waals surface area contributed by atoms with E-state index in [4.69, 9.17) is 0 Å². The Hall–Kier alpha value is -2.02.